The molecular weight excluding hydrogens is 319 g/mol. The van der Waals surface area contributed by atoms with E-state index >= 15 is 0 Å². The second-order valence-corrected chi connectivity index (χ2v) is 9.16. The number of hydrogen-bond donors (Lipinski definition) is 0. The lowest BCUT2D eigenvalue weighted by atomic mass is 10.1. The van der Waals surface area contributed by atoms with Crippen LogP contribution in [0.4, 0.5) is 0 Å². The third kappa shape index (κ3) is 5.68. The zero-order chi connectivity index (χ0) is 17.2. The molecule has 0 aliphatic heterocycles. The van der Waals surface area contributed by atoms with Gasteiger partial charge in [-0.05, 0) is 57.1 Å². The number of hydrogen-bond acceptors (Lipinski definition) is 0. The summed E-state index contributed by atoms with van der Waals surface area (Å²) in [6.07, 6.45) is 18.7. The molecule has 0 radical (unpaired) electrons. The lowest BCUT2D eigenvalue weighted by Crippen LogP contribution is -2.20. The predicted molar refractivity (Wildman–Crippen MR) is 113 cm³/mol. The number of rotatable bonds is 3. The molecule has 0 bridgehead atoms. The summed E-state index contributed by atoms with van der Waals surface area (Å²) in [5.74, 6) is 0. The summed E-state index contributed by atoms with van der Waals surface area (Å²) >= 11 is 0. The van der Waals surface area contributed by atoms with Crippen LogP contribution in [0.1, 0.15) is 44.9 Å². The topological polar surface area (TPSA) is 0 Å². The smallest absolute Gasteiger partial charge is 0.00536 e. The standard InChI is InChI=1S/C24H29P/c1-2-4-6-10-16-22(17-11-7-5-3-1)25(23-18-12-8-13-19-23)24-20-14-9-15-21-24/h4,6,8-9,11-15,17-22H,1-3,5,7,10,16H2/b6-4?,17-11-/t22-/m0/s1. The summed E-state index contributed by atoms with van der Waals surface area (Å²) in [6, 6.07) is 22.3. The highest BCUT2D eigenvalue weighted by Crippen LogP contribution is 2.42. The molecule has 0 N–H and O–H groups in total. The molecule has 1 aliphatic rings. The zero-order valence-electron chi connectivity index (χ0n) is 15.1. The second kappa shape index (κ2) is 10.4. The van der Waals surface area contributed by atoms with Crippen molar-refractivity contribution in [3.05, 3.63) is 85.0 Å². The summed E-state index contributed by atoms with van der Waals surface area (Å²) in [7, 11) is -0.354. The van der Waals surface area contributed by atoms with Crippen LogP contribution in [0.15, 0.2) is 85.0 Å². The van der Waals surface area contributed by atoms with Crippen LogP contribution in [-0.2, 0) is 0 Å². The molecule has 0 spiro atoms. The van der Waals surface area contributed by atoms with Gasteiger partial charge in [-0.2, -0.15) is 0 Å². The van der Waals surface area contributed by atoms with Crippen molar-refractivity contribution in [2.45, 2.75) is 50.6 Å². The average Bonchev–Trinajstić information content (AvgIpc) is 2.66. The molecule has 0 nitrogen and oxygen atoms in total. The molecule has 1 atom stereocenters. The van der Waals surface area contributed by atoms with Crippen molar-refractivity contribution in [3.8, 4) is 0 Å². The Hall–Kier alpha value is -1.65. The predicted octanol–water partition coefficient (Wildman–Crippen LogP) is 6.34. The van der Waals surface area contributed by atoms with Crippen molar-refractivity contribution in [2.24, 2.45) is 0 Å². The summed E-state index contributed by atoms with van der Waals surface area (Å²) in [6.45, 7) is 0. The molecule has 3 rings (SSSR count). The Kier molecular flexibility index (Phi) is 7.53. The van der Waals surface area contributed by atoms with Gasteiger partial charge in [0.25, 0.3) is 0 Å². The van der Waals surface area contributed by atoms with Crippen LogP contribution in [0.2, 0.25) is 0 Å². The van der Waals surface area contributed by atoms with E-state index in [4.69, 9.17) is 0 Å². The minimum Gasteiger partial charge on any atom is -0.0885 e. The molecular formula is C24H29P. The van der Waals surface area contributed by atoms with Crippen LogP contribution in [-0.4, -0.2) is 5.66 Å². The van der Waals surface area contributed by atoms with Crippen LogP contribution in [0.3, 0.4) is 0 Å². The van der Waals surface area contributed by atoms with Gasteiger partial charge >= 0.3 is 0 Å². The van der Waals surface area contributed by atoms with Gasteiger partial charge in [-0.15, -0.1) is 0 Å². The Bertz CT molecular complexity index is 618. The Labute approximate surface area is 154 Å². The fourth-order valence-corrected chi connectivity index (χ4v) is 6.23. The molecule has 1 heteroatoms. The lowest BCUT2D eigenvalue weighted by Gasteiger charge is -2.26. The van der Waals surface area contributed by atoms with Crippen molar-refractivity contribution in [2.75, 3.05) is 0 Å². The summed E-state index contributed by atoms with van der Waals surface area (Å²) in [5.41, 5.74) is 0.615. The Morgan fingerprint density at radius 1 is 0.600 bits per heavy atom. The molecule has 0 heterocycles. The van der Waals surface area contributed by atoms with Crippen LogP contribution in [0.5, 0.6) is 0 Å². The highest BCUT2D eigenvalue weighted by atomic mass is 31.1. The first-order valence-electron chi connectivity index (χ1n) is 9.66. The molecule has 0 amide bonds. The van der Waals surface area contributed by atoms with E-state index in [9.17, 15) is 0 Å². The van der Waals surface area contributed by atoms with E-state index in [2.05, 4.69) is 85.0 Å². The summed E-state index contributed by atoms with van der Waals surface area (Å²) < 4.78 is 0. The SMILES string of the molecule is C1=CCC[C@H](P(c2ccccc2)c2ccccc2)/C=C\CCCCC1. The monoisotopic (exact) mass is 348 g/mol. The number of allylic oxidation sites excluding steroid dienone is 4. The molecule has 2 aromatic rings. The van der Waals surface area contributed by atoms with Gasteiger partial charge in [-0.1, -0.05) is 91.4 Å². The van der Waals surface area contributed by atoms with E-state index in [1.54, 1.807) is 0 Å². The molecule has 0 unspecified atom stereocenters. The first-order valence-corrected chi connectivity index (χ1v) is 11.1. The zero-order valence-corrected chi connectivity index (χ0v) is 16.0. The average molecular weight is 348 g/mol. The van der Waals surface area contributed by atoms with Gasteiger partial charge in [0.1, 0.15) is 0 Å². The highest BCUT2D eigenvalue weighted by Gasteiger charge is 2.21. The van der Waals surface area contributed by atoms with E-state index in [1.165, 1.54) is 55.6 Å². The van der Waals surface area contributed by atoms with E-state index < -0.39 is 0 Å². The van der Waals surface area contributed by atoms with Crippen LogP contribution < -0.4 is 10.6 Å². The van der Waals surface area contributed by atoms with Crippen molar-refractivity contribution >= 4 is 18.5 Å². The molecule has 130 valence electrons. The lowest BCUT2D eigenvalue weighted by molar-refractivity contribution is 0.691. The van der Waals surface area contributed by atoms with Gasteiger partial charge in [0.15, 0.2) is 0 Å². The third-order valence-electron chi connectivity index (χ3n) is 4.80. The third-order valence-corrected chi connectivity index (χ3v) is 7.60. The molecule has 25 heavy (non-hydrogen) atoms. The Morgan fingerprint density at radius 2 is 1.16 bits per heavy atom. The van der Waals surface area contributed by atoms with Crippen molar-refractivity contribution in [3.63, 3.8) is 0 Å². The largest absolute Gasteiger partial charge is 0.0885 e. The van der Waals surface area contributed by atoms with Crippen molar-refractivity contribution in [1.82, 2.24) is 0 Å². The minimum atomic E-state index is -0.354. The molecule has 0 saturated heterocycles. The normalized spacial score (nSPS) is 20.6. The fraction of sp³-hybridized carbons (Fsp3) is 0.333. The fourth-order valence-electron chi connectivity index (χ4n) is 3.48. The quantitative estimate of drug-likeness (QED) is 0.448. The molecule has 2 aromatic carbocycles. The van der Waals surface area contributed by atoms with Gasteiger partial charge in [0.2, 0.25) is 0 Å². The van der Waals surface area contributed by atoms with E-state index in [-0.39, 0.29) is 7.92 Å². The first-order chi connectivity index (χ1) is 12.4. The molecule has 0 aromatic heterocycles. The van der Waals surface area contributed by atoms with Gasteiger partial charge in [0.05, 0.1) is 0 Å². The van der Waals surface area contributed by atoms with Gasteiger partial charge in [0, 0.05) is 5.66 Å². The minimum absolute atomic E-state index is 0.354. The molecule has 1 aliphatic carbocycles. The Balaban J connectivity index is 1.90. The van der Waals surface area contributed by atoms with Crippen molar-refractivity contribution < 1.29 is 0 Å². The Morgan fingerprint density at radius 3 is 1.80 bits per heavy atom. The maximum atomic E-state index is 2.53. The number of benzene rings is 2. The highest BCUT2D eigenvalue weighted by molar-refractivity contribution is 7.73. The van der Waals surface area contributed by atoms with Crippen molar-refractivity contribution in [1.29, 1.82) is 0 Å². The maximum absolute atomic E-state index is 2.53. The molecule has 0 saturated carbocycles. The maximum Gasteiger partial charge on any atom is 0.00536 e. The summed E-state index contributed by atoms with van der Waals surface area (Å²) in [4.78, 5) is 0. The van der Waals surface area contributed by atoms with Crippen LogP contribution in [0.25, 0.3) is 0 Å². The van der Waals surface area contributed by atoms with E-state index in [0.29, 0.717) is 5.66 Å². The summed E-state index contributed by atoms with van der Waals surface area (Å²) in [5, 5.41) is 2.99. The first kappa shape index (κ1) is 18.2. The second-order valence-electron chi connectivity index (χ2n) is 6.72. The molecule has 0 fully saturated rings. The van der Waals surface area contributed by atoms with Gasteiger partial charge < -0.3 is 0 Å². The van der Waals surface area contributed by atoms with Gasteiger partial charge in [-0.25, -0.2) is 0 Å². The van der Waals surface area contributed by atoms with Gasteiger partial charge in [-0.3, -0.25) is 0 Å². The van der Waals surface area contributed by atoms with E-state index in [1.807, 2.05) is 0 Å². The van der Waals surface area contributed by atoms with Crippen LogP contribution >= 0.6 is 7.92 Å². The van der Waals surface area contributed by atoms with Crippen LogP contribution in [0, 0.1) is 0 Å². The van der Waals surface area contributed by atoms with E-state index in [0.717, 1.165) is 0 Å².